The molecule has 1 aromatic heterocycles. The van der Waals surface area contributed by atoms with Crippen molar-refractivity contribution >= 4 is 17.4 Å². The van der Waals surface area contributed by atoms with Crippen molar-refractivity contribution in [2.45, 2.75) is 13.3 Å². The maximum absolute atomic E-state index is 11.7. The van der Waals surface area contributed by atoms with Crippen molar-refractivity contribution in [3.8, 4) is 11.3 Å². The van der Waals surface area contributed by atoms with E-state index in [-0.39, 0.29) is 5.91 Å². The van der Waals surface area contributed by atoms with Crippen molar-refractivity contribution in [2.24, 2.45) is 7.05 Å². The lowest BCUT2D eigenvalue weighted by Gasteiger charge is -2.11. The van der Waals surface area contributed by atoms with Crippen molar-refractivity contribution in [3.63, 3.8) is 0 Å². The lowest BCUT2D eigenvalue weighted by atomic mass is 10.0. The van der Waals surface area contributed by atoms with Crippen LogP contribution in [0, 0.1) is 6.92 Å². The minimum absolute atomic E-state index is 0.133. The van der Waals surface area contributed by atoms with E-state index in [1.54, 1.807) is 16.6 Å². The number of carbonyl (C=O) groups is 1. The van der Waals surface area contributed by atoms with E-state index in [0.717, 1.165) is 28.1 Å². The number of nitrogens with zero attached hydrogens (tertiary/aromatic N) is 3. The van der Waals surface area contributed by atoms with Gasteiger partial charge in [0.2, 0.25) is 5.91 Å². The number of likely N-dealkylation sites (N-methyl/N-ethyl adjacent to an activating group) is 1. The van der Waals surface area contributed by atoms with Crippen molar-refractivity contribution in [2.75, 3.05) is 17.7 Å². The Morgan fingerprint density at radius 2 is 2.05 bits per heavy atom. The average molecular weight is 256 g/mol. The van der Waals surface area contributed by atoms with E-state index < -0.39 is 0 Å². The highest BCUT2D eigenvalue weighted by Crippen LogP contribution is 2.33. The average Bonchev–Trinajstić information content (AvgIpc) is 2.78. The number of hydrogen-bond acceptors (Lipinski definition) is 3. The lowest BCUT2D eigenvalue weighted by Crippen LogP contribution is -2.20. The fraction of sp³-hybridized carbons (Fsp3) is 0.286. The number of rotatable bonds is 1. The Hall–Kier alpha value is -2.30. The second-order valence-corrected chi connectivity index (χ2v) is 4.96. The fourth-order valence-electron chi connectivity index (χ4n) is 2.67. The maximum Gasteiger partial charge on any atom is 0.231 e. The van der Waals surface area contributed by atoms with Crippen molar-refractivity contribution < 1.29 is 4.79 Å². The summed E-state index contributed by atoms with van der Waals surface area (Å²) in [5.41, 5.74) is 10.9. The van der Waals surface area contributed by atoms with Gasteiger partial charge in [-0.3, -0.25) is 9.48 Å². The van der Waals surface area contributed by atoms with Gasteiger partial charge in [0.1, 0.15) is 5.82 Å². The third-order valence-electron chi connectivity index (χ3n) is 3.75. The van der Waals surface area contributed by atoms with Gasteiger partial charge in [-0.2, -0.15) is 5.10 Å². The molecule has 2 heterocycles. The summed E-state index contributed by atoms with van der Waals surface area (Å²) in [4.78, 5) is 13.4. The zero-order valence-corrected chi connectivity index (χ0v) is 11.3. The Kier molecular flexibility index (Phi) is 2.38. The second-order valence-electron chi connectivity index (χ2n) is 4.96. The molecular formula is C14H16N4O. The predicted molar refractivity (Wildman–Crippen MR) is 74.9 cm³/mol. The van der Waals surface area contributed by atoms with Crippen LogP contribution in [0.1, 0.15) is 11.1 Å². The van der Waals surface area contributed by atoms with Gasteiger partial charge in [0.05, 0.1) is 12.1 Å². The van der Waals surface area contributed by atoms with Crippen LogP contribution in [0.4, 0.5) is 11.5 Å². The first kappa shape index (κ1) is 11.8. The van der Waals surface area contributed by atoms with E-state index in [9.17, 15) is 4.79 Å². The van der Waals surface area contributed by atoms with E-state index in [4.69, 9.17) is 5.73 Å². The first-order chi connectivity index (χ1) is 8.99. The number of hydrogen-bond donors (Lipinski definition) is 1. The van der Waals surface area contributed by atoms with Gasteiger partial charge in [-0.15, -0.1) is 0 Å². The topological polar surface area (TPSA) is 64.1 Å². The number of nitrogen functional groups attached to an aromatic ring is 1. The molecule has 1 amide bonds. The lowest BCUT2D eigenvalue weighted by molar-refractivity contribution is -0.117. The molecule has 0 atom stereocenters. The molecule has 0 saturated heterocycles. The molecule has 0 bridgehead atoms. The highest BCUT2D eigenvalue weighted by Gasteiger charge is 2.24. The number of anilines is 2. The predicted octanol–water partition coefficient (Wildman–Crippen LogP) is 1.50. The largest absolute Gasteiger partial charge is 0.382 e. The SMILES string of the molecule is Cc1c(N)nn(C)c1-c1ccc2c(c1)CC(=O)N2C. The Morgan fingerprint density at radius 1 is 1.32 bits per heavy atom. The van der Waals surface area contributed by atoms with Gasteiger partial charge in [-0.25, -0.2) is 0 Å². The highest BCUT2D eigenvalue weighted by atomic mass is 16.2. The van der Waals surface area contributed by atoms with E-state index in [2.05, 4.69) is 11.2 Å². The molecule has 0 saturated carbocycles. The third-order valence-corrected chi connectivity index (χ3v) is 3.75. The monoisotopic (exact) mass is 256 g/mol. The Labute approximate surface area is 111 Å². The molecule has 1 aromatic carbocycles. The van der Waals surface area contributed by atoms with Gasteiger partial charge in [-0.05, 0) is 24.6 Å². The zero-order chi connectivity index (χ0) is 13.7. The van der Waals surface area contributed by atoms with Gasteiger partial charge in [-0.1, -0.05) is 6.07 Å². The first-order valence-electron chi connectivity index (χ1n) is 6.18. The van der Waals surface area contributed by atoms with E-state index in [1.165, 1.54) is 0 Å². The van der Waals surface area contributed by atoms with Crippen LogP contribution in [0.2, 0.25) is 0 Å². The Balaban J connectivity index is 2.14. The van der Waals surface area contributed by atoms with E-state index in [1.807, 2.05) is 26.1 Å². The van der Waals surface area contributed by atoms with E-state index in [0.29, 0.717) is 12.2 Å². The molecule has 0 fully saturated rings. The summed E-state index contributed by atoms with van der Waals surface area (Å²) in [6.45, 7) is 1.96. The molecule has 5 heteroatoms. The summed E-state index contributed by atoms with van der Waals surface area (Å²) in [7, 11) is 3.68. The normalized spacial score (nSPS) is 14.1. The number of benzene rings is 1. The molecule has 1 aliphatic rings. The summed E-state index contributed by atoms with van der Waals surface area (Å²) in [6.07, 6.45) is 0.464. The van der Waals surface area contributed by atoms with Crippen LogP contribution in [0.15, 0.2) is 18.2 Å². The summed E-state index contributed by atoms with van der Waals surface area (Å²) in [5, 5.41) is 4.23. The summed E-state index contributed by atoms with van der Waals surface area (Å²) < 4.78 is 1.78. The van der Waals surface area contributed by atoms with Crippen LogP contribution in [0.5, 0.6) is 0 Å². The van der Waals surface area contributed by atoms with Crippen LogP contribution in [-0.2, 0) is 18.3 Å². The number of fused-ring (bicyclic) bond motifs is 1. The standard InChI is InChI=1S/C14H16N4O/c1-8-13(18(3)16-14(8)15)9-4-5-11-10(6-9)7-12(19)17(11)2/h4-6H,7H2,1-3H3,(H2,15,16). The van der Waals surface area contributed by atoms with Gasteiger partial charge < -0.3 is 10.6 Å². The first-order valence-corrected chi connectivity index (χ1v) is 6.18. The molecule has 19 heavy (non-hydrogen) atoms. The molecule has 2 aromatic rings. The summed E-state index contributed by atoms with van der Waals surface area (Å²) in [6, 6.07) is 6.05. The molecule has 3 rings (SSSR count). The van der Waals surface area contributed by atoms with Gasteiger partial charge in [0.15, 0.2) is 0 Å². The molecule has 0 spiro atoms. The molecule has 1 aliphatic heterocycles. The summed E-state index contributed by atoms with van der Waals surface area (Å²) >= 11 is 0. The van der Waals surface area contributed by atoms with Crippen LogP contribution >= 0.6 is 0 Å². The number of amides is 1. The molecule has 98 valence electrons. The van der Waals surface area contributed by atoms with Crippen LogP contribution in [0.25, 0.3) is 11.3 Å². The molecule has 0 aliphatic carbocycles. The zero-order valence-electron chi connectivity index (χ0n) is 11.3. The number of aryl methyl sites for hydroxylation is 1. The van der Waals surface area contributed by atoms with Gasteiger partial charge in [0, 0.05) is 30.9 Å². The highest BCUT2D eigenvalue weighted by molar-refractivity contribution is 6.01. The van der Waals surface area contributed by atoms with Crippen LogP contribution in [0.3, 0.4) is 0 Å². The van der Waals surface area contributed by atoms with Crippen molar-refractivity contribution in [1.82, 2.24) is 9.78 Å². The number of aromatic nitrogens is 2. The minimum atomic E-state index is 0.133. The maximum atomic E-state index is 11.7. The van der Waals surface area contributed by atoms with Crippen molar-refractivity contribution in [1.29, 1.82) is 0 Å². The third kappa shape index (κ3) is 1.62. The molecule has 2 N–H and O–H groups in total. The molecule has 0 radical (unpaired) electrons. The molecule has 0 unspecified atom stereocenters. The van der Waals surface area contributed by atoms with Crippen LogP contribution < -0.4 is 10.6 Å². The molecular weight excluding hydrogens is 240 g/mol. The quantitative estimate of drug-likeness (QED) is 0.841. The van der Waals surface area contributed by atoms with Crippen LogP contribution in [-0.4, -0.2) is 22.7 Å². The minimum Gasteiger partial charge on any atom is -0.382 e. The second kappa shape index (κ2) is 3.85. The number of carbonyl (C=O) groups excluding carboxylic acids is 1. The molecule has 5 nitrogen and oxygen atoms in total. The van der Waals surface area contributed by atoms with Crippen molar-refractivity contribution in [3.05, 3.63) is 29.3 Å². The summed E-state index contributed by atoms with van der Waals surface area (Å²) in [5.74, 6) is 0.680. The van der Waals surface area contributed by atoms with Gasteiger partial charge in [0.25, 0.3) is 0 Å². The smallest absolute Gasteiger partial charge is 0.231 e. The number of nitrogens with two attached hydrogens (primary N) is 1. The Bertz CT molecular complexity index is 687. The van der Waals surface area contributed by atoms with E-state index >= 15 is 0 Å². The Morgan fingerprint density at radius 3 is 2.68 bits per heavy atom. The van der Waals surface area contributed by atoms with Gasteiger partial charge >= 0.3 is 0 Å². The fourth-order valence-corrected chi connectivity index (χ4v) is 2.67.